The third-order valence-electron chi connectivity index (χ3n) is 2.87. The highest BCUT2D eigenvalue weighted by Gasteiger charge is 2.03. The molecule has 0 radical (unpaired) electrons. The van der Waals surface area contributed by atoms with Crippen LogP contribution in [-0.4, -0.2) is 17.2 Å². The van der Waals surface area contributed by atoms with Crippen LogP contribution in [0.15, 0.2) is 29.4 Å². The molecule has 18 heavy (non-hydrogen) atoms. The monoisotopic (exact) mass is 248 g/mol. The van der Waals surface area contributed by atoms with Crippen molar-refractivity contribution >= 4 is 12.1 Å². The zero-order chi connectivity index (χ0) is 13.4. The summed E-state index contributed by atoms with van der Waals surface area (Å²) in [5.41, 5.74) is 2.94. The van der Waals surface area contributed by atoms with Crippen LogP contribution in [0.5, 0.6) is 5.75 Å². The van der Waals surface area contributed by atoms with Crippen LogP contribution in [0.3, 0.4) is 0 Å². The highest BCUT2D eigenvalue weighted by atomic mass is 16.3. The lowest BCUT2D eigenvalue weighted by Crippen LogP contribution is -2.17. The number of nitrogens with one attached hydrogen (secondary N) is 1. The Morgan fingerprint density at radius 2 is 2.11 bits per heavy atom. The number of carbonyl (C=O) groups excluding carboxylic acids is 1. The van der Waals surface area contributed by atoms with Gasteiger partial charge in [0.2, 0.25) is 0 Å². The maximum atomic E-state index is 11.6. The van der Waals surface area contributed by atoms with Crippen LogP contribution in [0.1, 0.15) is 43.5 Å². The number of phenolic OH excluding ortho intramolecular Hbond substituents is 1. The molecule has 2 N–H and O–H groups in total. The first-order valence-electron chi connectivity index (χ1n) is 6.24. The number of hydrazone groups is 1. The van der Waals surface area contributed by atoms with Crippen LogP contribution in [0.4, 0.5) is 0 Å². The maximum absolute atomic E-state index is 11.6. The predicted octanol–water partition coefficient (Wildman–Crippen LogP) is 2.93. The fourth-order valence-electron chi connectivity index (χ4n) is 1.41. The lowest BCUT2D eigenvalue weighted by atomic mass is 10.0. The van der Waals surface area contributed by atoms with Crippen LogP contribution >= 0.6 is 0 Å². The Morgan fingerprint density at radius 3 is 2.72 bits per heavy atom. The molecular weight excluding hydrogens is 228 g/mol. The molecule has 0 saturated heterocycles. The minimum absolute atomic E-state index is 0.142. The van der Waals surface area contributed by atoms with Gasteiger partial charge in [-0.1, -0.05) is 20.3 Å². The van der Waals surface area contributed by atoms with E-state index in [9.17, 15) is 4.79 Å². The van der Waals surface area contributed by atoms with E-state index in [-0.39, 0.29) is 11.7 Å². The van der Waals surface area contributed by atoms with Gasteiger partial charge in [-0.05, 0) is 43.0 Å². The lowest BCUT2D eigenvalue weighted by molar-refractivity contribution is 0.0955. The molecule has 0 aliphatic heterocycles. The summed E-state index contributed by atoms with van der Waals surface area (Å²) in [5, 5.41) is 13.0. The molecule has 1 amide bonds. The molecule has 0 fully saturated rings. The summed E-state index contributed by atoms with van der Waals surface area (Å²) in [7, 11) is 0. The smallest absolute Gasteiger partial charge is 0.271 e. The summed E-state index contributed by atoms with van der Waals surface area (Å²) >= 11 is 0. The van der Waals surface area contributed by atoms with Crippen LogP contribution in [0.25, 0.3) is 0 Å². The third-order valence-corrected chi connectivity index (χ3v) is 2.87. The molecule has 98 valence electrons. The summed E-state index contributed by atoms with van der Waals surface area (Å²) in [6, 6.07) is 6.06. The Labute approximate surface area is 108 Å². The number of benzene rings is 1. The molecule has 0 spiro atoms. The van der Waals surface area contributed by atoms with Gasteiger partial charge in [0.15, 0.2) is 0 Å². The van der Waals surface area contributed by atoms with E-state index in [1.165, 1.54) is 12.1 Å². The first-order valence-corrected chi connectivity index (χ1v) is 6.24. The molecule has 0 saturated carbocycles. The van der Waals surface area contributed by atoms with E-state index in [2.05, 4.69) is 24.4 Å². The van der Waals surface area contributed by atoms with Gasteiger partial charge >= 0.3 is 0 Å². The fraction of sp³-hybridized carbons (Fsp3) is 0.429. The van der Waals surface area contributed by atoms with Gasteiger partial charge in [0.1, 0.15) is 5.75 Å². The summed E-state index contributed by atoms with van der Waals surface area (Å²) in [6.45, 7) is 4.36. The van der Waals surface area contributed by atoms with E-state index in [4.69, 9.17) is 5.11 Å². The van der Waals surface area contributed by atoms with Gasteiger partial charge in [-0.2, -0.15) is 5.10 Å². The van der Waals surface area contributed by atoms with E-state index in [0.29, 0.717) is 11.5 Å². The molecule has 1 unspecified atom stereocenters. The Kier molecular flexibility index (Phi) is 5.91. The van der Waals surface area contributed by atoms with Crippen LogP contribution in [-0.2, 0) is 0 Å². The average Bonchev–Trinajstić information content (AvgIpc) is 2.38. The molecule has 4 heteroatoms. The Morgan fingerprint density at radius 1 is 1.44 bits per heavy atom. The van der Waals surface area contributed by atoms with Crippen molar-refractivity contribution < 1.29 is 9.90 Å². The minimum atomic E-state index is -0.269. The minimum Gasteiger partial charge on any atom is -0.508 e. The second-order valence-corrected chi connectivity index (χ2v) is 4.39. The van der Waals surface area contributed by atoms with Crippen LogP contribution in [0, 0.1) is 5.92 Å². The zero-order valence-corrected chi connectivity index (χ0v) is 10.9. The lowest BCUT2D eigenvalue weighted by Gasteiger charge is -2.04. The van der Waals surface area contributed by atoms with E-state index in [1.54, 1.807) is 18.3 Å². The zero-order valence-electron chi connectivity index (χ0n) is 10.9. The predicted molar refractivity (Wildman–Crippen MR) is 72.8 cm³/mol. The Bertz CT molecular complexity index is 399. The molecule has 0 heterocycles. The van der Waals surface area contributed by atoms with Gasteiger partial charge in [0.05, 0.1) is 0 Å². The number of hydrogen-bond acceptors (Lipinski definition) is 3. The number of rotatable bonds is 6. The Hall–Kier alpha value is -1.84. The van der Waals surface area contributed by atoms with Gasteiger partial charge in [0, 0.05) is 11.8 Å². The van der Waals surface area contributed by atoms with E-state index >= 15 is 0 Å². The molecule has 0 aromatic heterocycles. The van der Waals surface area contributed by atoms with E-state index < -0.39 is 0 Å². The quantitative estimate of drug-likeness (QED) is 0.600. The molecule has 4 nitrogen and oxygen atoms in total. The van der Waals surface area contributed by atoms with Crippen molar-refractivity contribution in [2.45, 2.75) is 33.1 Å². The molecule has 0 aliphatic carbocycles. The molecule has 1 atom stereocenters. The first kappa shape index (κ1) is 14.2. The third kappa shape index (κ3) is 4.99. The maximum Gasteiger partial charge on any atom is 0.271 e. The number of phenols is 1. The highest BCUT2D eigenvalue weighted by molar-refractivity contribution is 5.94. The van der Waals surface area contributed by atoms with Gasteiger partial charge < -0.3 is 5.11 Å². The molecule has 0 aliphatic rings. The number of hydrogen-bond donors (Lipinski definition) is 2. The van der Waals surface area contributed by atoms with Gasteiger partial charge in [-0.3, -0.25) is 4.79 Å². The van der Waals surface area contributed by atoms with E-state index in [1.807, 2.05) is 0 Å². The molecular formula is C14H20N2O2. The second-order valence-electron chi connectivity index (χ2n) is 4.39. The van der Waals surface area contributed by atoms with Gasteiger partial charge in [-0.15, -0.1) is 0 Å². The SMILES string of the molecule is CCC(C)CC/C=N/NC(=O)c1ccc(O)cc1. The standard InChI is InChI=1S/C14H20N2O2/c1-3-11(2)5-4-10-15-16-14(18)12-6-8-13(17)9-7-12/h6-11,17H,3-5H2,1-2H3,(H,16,18)/b15-10+. The normalized spacial score (nSPS) is 12.6. The van der Waals surface area contributed by atoms with Crippen molar-refractivity contribution in [1.82, 2.24) is 5.43 Å². The summed E-state index contributed by atoms with van der Waals surface area (Å²) in [5.74, 6) is 0.558. The van der Waals surface area contributed by atoms with Crippen molar-refractivity contribution in [2.75, 3.05) is 0 Å². The molecule has 0 bridgehead atoms. The summed E-state index contributed by atoms with van der Waals surface area (Å²) in [6.07, 6.45) is 4.83. The number of aromatic hydroxyl groups is 1. The highest BCUT2D eigenvalue weighted by Crippen LogP contribution is 2.09. The summed E-state index contributed by atoms with van der Waals surface area (Å²) < 4.78 is 0. The summed E-state index contributed by atoms with van der Waals surface area (Å²) in [4.78, 5) is 11.6. The van der Waals surface area contributed by atoms with Gasteiger partial charge in [0.25, 0.3) is 5.91 Å². The number of carbonyl (C=O) groups is 1. The first-order chi connectivity index (χ1) is 8.63. The molecule has 1 aromatic carbocycles. The fourth-order valence-corrected chi connectivity index (χ4v) is 1.41. The number of nitrogens with zero attached hydrogens (tertiary/aromatic N) is 1. The molecule has 1 rings (SSSR count). The number of amides is 1. The topological polar surface area (TPSA) is 61.7 Å². The van der Waals surface area contributed by atoms with Crippen molar-refractivity contribution in [3.05, 3.63) is 29.8 Å². The van der Waals surface area contributed by atoms with E-state index in [0.717, 1.165) is 19.3 Å². The largest absolute Gasteiger partial charge is 0.508 e. The van der Waals surface area contributed by atoms with Crippen LogP contribution in [0.2, 0.25) is 0 Å². The van der Waals surface area contributed by atoms with Gasteiger partial charge in [-0.25, -0.2) is 5.43 Å². The second kappa shape index (κ2) is 7.48. The average molecular weight is 248 g/mol. The van der Waals surface area contributed by atoms with Crippen molar-refractivity contribution in [2.24, 2.45) is 11.0 Å². The Balaban J connectivity index is 2.33. The van der Waals surface area contributed by atoms with Crippen molar-refractivity contribution in [3.8, 4) is 5.75 Å². The van der Waals surface area contributed by atoms with Crippen molar-refractivity contribution in [3.63, 3.8) is 0 Å². The van der Waals surface area contributed by atoms with Crippen molar-refractivity contribution in [1.29, 1.82) is 0 Å². The molecule has 1 aromatic rings. The van der Waals surface area contributed by atoms with Crippen LogP contribution < -0.4 is 5.43 Å².